The van der Waals surface area contributed by atoms with Gasteiger partial charge in [0.25, 0.3) is 0 Å². The van der Waals surface area contributed by atoms with E-state index in [9.17, 15) is 14.3 Å². The molecule has 0 aliphatic carbocycles. The number of carbonyl (C=O) groups is 1. The summed E-state index contributed by atoms with van der Waals surface area (Å²) in [7, 11) is -4.09. The summed E-state index contributed by atoms with van der Waals surface area (Å²) in [4.78, 5) is 20.2. The molecular formula is C19H39O8P. The van der Waals surface area contributed by atoms with Gasteiger partial charge in [0.15, 0.2) is 0 Å². The van der Waals surface area contributed by atoms with Crippen LogP contribution in [-0.4, -0.2) is 55.1 Å². The highest BCUT2D eigenvalue weighted by Gasteiger charge is 2.23. The molecule has 8 nitrogen and oxygen atoms in total. The largest absolute Gasteiger partial charge is 0.481 e. The van der Waals surface area contributed by atoms with Crippen LogP contribution in [-0.2, 0) is 27.9 Å². The first-order chi connectivity index (χ1) is 13.4. The molecule has 2 N–H and O–H groups in total. The molecule has 0 rings (SSSR count). The Hall–Kier alpha value is -0.500. The fourth-order valence-corrected chi connectivity index (χ4v) is 3.24. The summed E-state index contributed by atoms with van der Waals surface area (Å²) in [5, 5.41) is 8.65. The maximum absolute atomic E-state index is 11.8. The van der Waals surface area contributed by atoms with Gasteiger partial charge in [0.1, 0.15) is 6.10 Å². The summed E-state index contributed by atoms with van der Waals surface area (Å²) in [6.45, 7) is 5.24. The van der Waals surface area contributed by atoms with Gasteiger partial charge in [-0.1, -0.05) is 46.0 Å². The Bertz CT molecular complexity index is 419. The second-order valence-electron chi connectivity index (χ2n) is 6.78. The van der Waals surface area contributed by atoms with Crippen molar-refractivity contribution in [1.29, 1.82) is 0 Å². The molecule has 0 bridgehead atoms. The highest BCUT2D eigenvalue weighted by atomic mass is 31.2. The van der Waals surface area contributed by atoms with E-state index in [2.05, 4.69) is 6.92 Å². The summed E-state index contributed by atoms with van der Waals surface area (Å²) < 4.78 is 32.9. The molecule has 0 aliphatic heterocycles. The number of carboxylic acid groups (broad SMARTS) is 1. The molecule has 0 saturated heterocycles. The maximum Gasteiger partial charge on any atom is 0.472 e. The van der Waals surface area contributed by atoms with Crippen LogP contribution in [0.25, 0.3) is 0 Å². The lowest BCUT2D eigenvalue weighted by Crippen LogP contribution is -2.26. The number of carboxylic acids is 1. The molecule has 2 unspecified atom stereocenters. The number of hydrogen-bond acceptors (Lipinski definition) is 6. The SMILES string of the molecule is CCCCCCCCOCC(COP(=O)(O)OCCC)OCCCCC(=O)O. The molecule has 9 heteroatoms. The molecule has 0 aromatic heterocycles. The number of ether oxygens (including phenoxy) is 2. The summed E-state index contributed by atoms with van der Waals surface area (Å²) in [5.74, 6) is -0.837. The van der Waals surface area contributed by atoms with Gasteiger partial charge in [-0.15, -0.1) is 0 Å². The van der Waals surface area contributed by atoms with Crippen LogP contribution in [0.3, 0.4) is 0 Å². The van der Waals surface area contributed by atoms with Gasteiger partial charge in [-0.2, -0.15) is 0 Å². The van der Waals surface area contributed by atoms with Gasteiger partial charge in [0.05, 0.1) is 19.8 Å². The van der Waals surface area contributed by atoms with E-state index in [0.717, 1.165) is 12.8 Å². The Balaban J connectivity index is 4.13. The highest BCUT2D eigenvalue weighted by molar-refractivity contribution is 7.47. The molecule has 0 heterocycles. The van der Waals surface area contributed by atoms with E-state index in [4.69, 9.17) is 23.6 Å². The van der Waals surface area contributed by atoms with Crippen molar-refractivity contribution in [2.24, 2.45) is 0 Å². The molecule has 0 aromatic rings. The van der Waals surface area contributed by atoms with E-state index in [1.807, 2.05) is 6.92 Å². The molecule has 0 spiro atoms. The molecule has 2 atom stereocenters. The molecule has 168 valence electrons. The average molecular weight is 426 g/mol. The van der Waals surface area contributed by atoms with Crippen molar-refractivity contribution in [2.75, 3.05) is 33.0 Å². The first-order valence-corrected chi connectivity index (χ1v) is 11.9. The number of rotatable bonds is 21. The minimum Gasteiger partial charge on any atom is -0.481 e. The normalized spacial score (nSPS) is 14.7. The van der Waals surface area contributed by atoms with Crippen molar-refractivity contribution >= 4 is 13.8 Å². The van der Waals surface area contributed by atoms with Crippen molar-refractivity contribution in [2.45, 2.75) is 84.2 Å². The molecule has 0 radical (unpaired) electrons. The Labute approximate surface area is 169 Å². The number of phosphoric acid groups is 1. The van der Waals surface area contributed by atoms with Gasteiger partial charge in [-0.05, 0) is 25.7 Å². The molecule has 28 heavy (non-hydrogen) atoms. The summed E-state index contributed by atoms with van der Waals surface area (Å²) in [6, 6.07) is 0. The molecule has 0 amide bonds. The van der Waals surface area contributed by atoms with Crippen LogP contribution in [0.1, 0.15) is 78.1 Å². The minimum atomic E-state index is -4.09. The fraction of sp³-hybridized carbons (Fsp3) is 0.947. The third-order valence-electron chi connectivity index (χ3n) is 3.97. The number of hydrogen-bond donors (Lipinski definition) is 2. The average Bonchev–Trinajstić information content (AvgIpc) is 2.65. The van der Waals surface area contributed by atoms with Crippen LogP contribution in [0.5, 0.6) is 0 Å². The number of unbranched alkanes of at least 4 members (excludes halogenated alkanes) is 6. The van der Waals surface area contributed by atoms with Crippen molar-refractivity contribution < 1.29 is 37.9 Å². The zero-order chi connectivity index (χ0) is 21.1. The lowest BCUT2D eigenvalue weighted by molar-refractivity contribution is -0.137. The third kappa shape index (κ3) is 18.8. The van der Waals surface area contributed by atoms with Crippen LogP contribution in [0.2, 0.25) is 0 Å². The topological polar surface area (TPSA) is 112 Å². The van der Waals surface area contributed by atoms with Gasteiger partial charge in [0.2, 0.25) is 0 Å². The summed E-state index contributed by atoms with van der Waals surface area (Å²) in [5.41, 5.74) is 0. The zero-order valence-corrected chi connectivity index (χ0v) is 18.4. The van der Waals surface area contributed by atoms with E-state index in [0.29, 0.717) is 32.5 Å². The van der Waals surface area contributed by atoms with E-state index in [1.165, 1.54) is 25.7 Å². The number of aliphatic carboxylic acids is 1. The van der Waals surface area contributed by atoms with Crippen molar-refractivity contribution in [3.63, 3.8) is 0 Å². The lowest BCUT2D eigenvalue weighted by Gasteiger charge is -2.20. The fourth-order valence-electron chi connectivity index (χ4n) is 2.39. The van der Waals surface area contributed by atoms with Gasteiger partial charge in [-0.25, -0.2) is 4.57 Å². The Morgan fingerprint density at radius 3 is 2.21 bits per heavy atom. The van der Waals surface area contributed by atoms with Gasteiger partial charge in [0, 0.05) is 19.6 Å². The van der Waals surface area contributed by atoms with E-state index < -0.39 is 19.9 Å². The summed E-state index contributed by atoms with van der Waals surface area (Å²) in [6.07, 6.45) is 8.31. The molecular weight excluding hydrogens is 387 g/mol. The van der Waals surface area contributed by atoms with Gasteiger partial charge < -0.3 is 19.5 Å². The molecule has 0 fully saturated rings. The first kappa shape index (κ1) is 27.5. The molecule has 0 saturated carbocycles. The van der Waals surface area contributed by atoms with E-state index >= 15 is 0 Å². The third-order valence-corrected chi connectivity index (χ3v) is 4.95. The monoisotopic (exact) mass is 426 g/mol. The predicted molar refractivity (Wildman–Crippen MR) is 107 cm³/mol. The smallest absolute Gasteiger partial charge is 0.472 e. The summed E-state index contributed by atoms with van der Waals surface area (Å²) >= 11 is 0. The molecule has 0 aromatic carbocycles. The predicted octanol–water partition coefficient (Wildman–Crippen LogP) is 4.55. The van der Waals surface area contributed by atoms with Crippen LogP contribution in [0.4, 0.5) is 0 Å². The van der Waals surface area contributed by atoms with Crippen molar-refractivity contribution in [1.82, 2.24) is 0 Å². The van der Waals surface area contributed by atoms with Gasteiger partial charge in [-0.3, -0.25) is 13.8 Å². The van der Waals surface area contributed by atoms with Crippen molar-refractivity contribution in [3.8, 4) is 0 Å². The Morgan fingerprint density at radius 2 is 1.54 bits per heavy atom. The van der Waals surface area contributed by atoms with Crippen LogP contribution < -0.4 is 0 Å². The van der Waals surface area contributed by atoms with Crippen LogP contribution >= 0.6 is 7.82 Å². The zero-order valence-electron chi connectivity index (χ0n) is 17.5. The van der Waals surface area contributed by atoms with Gasteiger partial charge >= 0.3 is 13.8 Å². The van der Waals surface area contributed by atoms with E-state index in [-0.39, 0.29) is 26.2 Å². The number of phosphoric ester groups is 1. The minimum absolute atomic E-state index is 0.0930. The molecule has 0 aliphatic rings. The van der Waals surface area contributed by atoms with Crippen LogP contribution in [0.15, 0.2) is 0 Å². The Kier molecular flexibility index (Phi) is 18.2. The standard InChI is InChI=1S/C19H39O8P/c1-3-5-6-7-8-10-14-24-16-18(25-15-11-9-12-19(20)21)17-27-28(22,23)26-13-4-2/h18H,3-17H2,1-2H3,(H,20,21)(H,22,23). The highest BCUT2D eigenvalue weighted by Crippen LogP contribution is 2.43. The quantitative estimate of drug-likeness (QED) is 0.203. The van der Waals surface area contributed by atoms with Crippen molar-refractivity contribution in [3.05, 3.63) is 0 Å². The lowest BCUT2D eigenvalue weighted by atomic mass is 10.1. The Morgan fingerprint density at radius 1 is 0.857 bits per heavy atom. The second-order valence-corrected chi connectivity index (χ2v) is 8.24. The second kappa shape index (κ2) is 18.5. The maximum atomic E-state index is 11.8. The van der Waals surface area contributed by atoms with Crippen LogP contribution in [0, 0.1) is 0 Å². The van der Waals surface area contributed by atoms with E-state index in [1.54, 1.807) is 0 Å². The first-order valence-electron chi connectivity index (χ1n) is 10.4.